The molecule has 1 aromatic heterocycles. The van der Waals surface area contributed by atoms with Crippen LogP contribution in [0, 0.1) is 17.6 Å². The fourth-order valence-corrected chi connectivity index (χ4v) is 4.40. The number of nitrogens with zero attached hydrogens (tertiary/aromatic N) is 2. The number of methoxy groups -OCH3 is 1. The molecule has 37 heavy (non-hydrogen) atoms. The number of rotatable bonds is 12. The average Bonchev–Trinajstić information content (AvgIpc) is 2.85. The largest absolute Gasteiger partial charge is 0.503 e. The maximum atomic E-state index is 14.1. The summed E-state index contributed by atoms with van der Waals surface area (Å²) in [5.74, 6) is -3.86. The van der Waals surface area contributed by atoms with Crippen LogP contribution in [0.1, 0.15) is 78.6 Å². The van der Waals surface area contributed by atoms with Crippen LogP contribution in [-0.2, 0) is 18.3 Å². The zero-order valence-corrected chi connectivity index (χ0v) is 22.4. The van der Waals surface area contributed by atoms with Crippen molar-refractivity contribution in [3.05, 3.63) is 62.6 Å². The number of ether oxygens (including phenoxy) is 1. The molecule has 0 aliphatic heterocycles. The summed E-state index contributed by atoms with van der Waals surface area (Å²) in [6.07, 6.45) is 1.49. The molecule has 0 saturated carbocycles. The monoisotopic (exact) mass is 521 g/mol. The molecule has 2 N–H and O–H groups in total. The minimum Gasteiger partial charge on any atom is -0.503 e. The summed E-state index contributed by atoms with van der Waals surface area (Å²) in [5.41, 5.74) is -1.17. The lowest BCUT2D eigenvalue weighted by atomic mass is 9.89. The van der Waals surface area contributed by atoms with Crippen LogP contribution in [0.15, 0.2) is 23.0 Å². The first-order valence-electron chi connectivity index (χ1n) is 12.4. The first kappa shape index (κ1) is 30.0. The SMILES string of the molecule is CC[C@@H](C)CC(C)c1c(C(=O)NCc2ccc(F)cc2F)c(=O)c(O)c(C(=O)N(CC)CCOC)n1C. The Kier molecular flexibility index (Phi) is 10.8. The van der Waals surface area contributed by atoms with Crippen molar-refractivity contribution in [3.8, 4) is 5.75 Å². The van der Waals surface area contributed by atoms with Gasteiger partial charge in [-0.25, -0.2) is 8.78 Å². The highest BCUT2D eigenvalue weighted by Crippen LogP contribution is 2.30. The zero-order valence-electron chi connectivity index (χ0n) is 22.4. The summed E-state index contributed by atoms with van der Waals surface area (Å²) in [5, 5.41) is 13.4. The minimum atomic E-state index is -0.979. The highest BCUT2D eigenvalue weighted by atomic mass is 19.1. The van der Waals surface area contributed by atoms with E-state index in [4.69, 9.17) is 4.74 Å². The van der Waals surface area contributed by atoms with Crippen LogP contribution in [0.5, 0.6) is 5.75 Å². The second-order valence-corrected chi connectivity index (χ2v) is 9.29. The fraction of sp³-hybridized carbons (Fsp3) is 0.519. The molecule has 2 amide bonds. The molecule has 0 bridgehead atoms. The van der Waals surface area contributed by atoms with E-state index in [0.29, 0.717) is 24.7 Å². The van der Waals surface area contributed by atoms with Gasteiger partial charge in [0.25, 0.3) is 11.8 Å². The van der Waals surface area contributed by atoms with Crippen molar-refractivity contribution in [2.24, 2.45) is 13.0 Å². The Bertz CT molecular complexity index is 1180. The first-order chi connectivity index (χ1) is 17.5. The Morgan fingerprint density at radius 1 is 1.22 bits per heavy atom. The van der Waals surface area contributed by atoms with Gasteiger partial charge in [0, 0.05) is 51.1 Å². The highest BCUT2D eigenvalue weighted by molar-refractivity contribution is 5.99. The van der Waals surface area contributed by atoms with Crippen molar-refractivity contribution in [1.29, 1.82) is 0 Å². The number of carbonyl (C=O) groups is 2. The second-order valence-electron chi connectivity index (χ2n) is 9.29. The molecule has 1 aromatic carbocycles. The van der Waals surface area contributed by atoms with E-state index in [1.54, 1.807) is 6.92 Å². The summed E-state index contributed by atoms with van der Waals surface area (Å²) < 4.78 is 33.8. The average molecular weight is 522 g/mol. The molecule has 0 fully saturated rings. The van der Waals surface area contributed by atoms with E-state index < -0.39 is 34.6 Å². The molecule has 0 saturated heterocycles. The van der Waals surface area contributed by atoms with E-state index in [0.717, 1.165) is 12.5 Å². The Balaban J connectivity index is 2.61. The molecule has 1 unspecified atom stereocenters. The lowest BCUT2D eigenvalue weighted by Crippen LogP contribution is -2.39. The van der Waals surface area contributed by atoms with E-state index in [2.05, 4.69) is 5.32 Å². The van der Waals surface area contributed by atoms with E-state index in [9.17, 15) is 28.3 Å². The number of amides is 2. The van der Waals surface area contributed by atoms with E-state index in [1.165, 1.54) is 29.7 Å². The van der Waals surface area contributed by atoms with Crippen LogP contribution in [0.3, 0.4) is 0 Å². The Hall–Kier alpha value is -3.27. The van der Waals surface area contributed by atoms with Crippen molar-refractivity contribution >= 4 is 11.8 Å². The van der Waals surface area contributed by atoms with E-state index in [-0.39, 0.29) is 48.4 Å². The van der Waals surface area contributed by atoms with Crippen LogP contribution < -0.4 is 10.7 Å². The quantitative estimate of drug-likeness (QED) is 0.441. The maximum Gasteiger partial charge on any atom is 0.274 e. The first-order valence-corrected chi connectivity index (χ1v) is 12.4. The molecule has 0 radical (unpaired) electrons. The number of halogens is 2. The Morgan fingerprint density at radius 2 is 1.89 bits per heavy atom. The van der Waals surface area contributed by atoms with Crippen LogP contribution in [0.4, 0.5) is 8.78 Å². The number of hydrogen-bond donors (Lipinski definition) is 2. The highest BCUT2D eigenvalue weighted by Gasteiger charge is 2.32. The molecule has 10 heteroatoms. The summed E-state index contributed by atoms with van der Waals surface area (Å²) in [6, 6.07) is 2.97. The molecule has 1 heterocycles. The van der Waals surface area contributed by atoms with Gasteiger partial charge < -0.3 is 24.6 Å². The molecule has 0 spiro atoms. The summed E-state index contributed by atoms with van der Waals surface area (Å²) in [7, 11) is 3.04. The molecular formula is C27H37F2N3O5. The number of pyridine rings is 1. The third-order valence-corrected chi connectivity index (χ3v) is 6.66. The number of hydrogen-bond acceptors (Lipinski definition) is 5. The third-order valence-electron chi connectivity index (χ3n) is 6.66. The molecular weight excluding hydrogens is 484 g/mol. The van der Waals surface area contributed by atoms with Gasteiger partial charge in [0.05, 0.1) is 6.61 Å². The van der Waals surface area contributed by atoms with Gasteiger partial charge in [-0.05, 0) is 31.2 Å². The Labute approximate surface area is 216 Å². The van der Waals surface area contributed by atoms with E-state index in [1.807, 2.05) is 20.8 Å². The standard InChI is InChI=1S/C27H37F2N3O5/c1-7-16(3)13-17(4)22-21(26(35)30-15-18-9-10-19(28)14-20(18)29)24(33)25(34)23(31(22)5)27(36)32(8-2)11-12-37-6/h9-10,14,16-17,34H,7-8,11-13,15H2,1-6H3,(H,30,35)/t16-,17?/m1/s1. The van der Waals surface area contributed by atoms with Gasteiger partial charge in [0.1, 0.15) is 17.2 Å². The fourth-order valence-electron chi connectivity index (χ4n) is 4.40. The molecule has 2 atom stereocenters. The van der Waals surface area contributed by atoms with E-state index >= 15 is 0 Å². The second kappa shape index (κ2) is 13.3. The summed E-state index contributed by atoms with van der Waals surface area (Å²) in [4.78, 5) is 41.4. The van der Waals surface area contributed by atoms with Gasteiger partial charge in [0.15, 0.2) is 11.4 Å². The van der Waals surface area contributed by atoms with Crippen LogP contribution in [0.2, 0.25) is 0 Å². The van der Waals surface area contributed by atoms with Gasteiger partial charge in [-0.15, -0.1) is 0 Å². The maximum absolute atomic E-state index is 14.1. The van der Waals surface area contributed by atoms with Crippen molar-refractivity contribution < 1.29 is 28.2 Å². The summed E-state index contributed by atoms with van der Waals surface area (Å²) >= 11 is 0. The number of benzene rings is 1. The molecule has 2 aromatic rings. The number of likely N-dealkylation sites (N-methyl/N-ethyl adjacent to an activating group) is 1. The van der Waals surface area contributed by atoms with Crippen LogP contribution in [0.25, 0.3) is 0 Å². The van der Waals surface area contributed by atoms with Crippen molar-refractivity contribution in [3.63, 3.8) is 0 Å². The smallest absolute Gasteiger partial charge is 0.274 e. The van der Waals surface area contributed by atoms with Gasteiger partial charge in [0.2, 0.25) is 5.43 Å². The van der Waals surface area contributed by atoms with Crippen molar-refractivity contribution in [1.82, 2.24) is 14.8 Å². The van der Waals surface area contributed by atoms with Crippen molar-refractivity contribution in [2.75, 3.05) is 26.8 Å². The summed E-state index contributed by atoms with van der Waals surface area (Å²) in [6.45, 7) is 8.24. The molecule has 8 nitrogen and oxygen atoms in total. The predicted molar refractivity (Wildman–Crippen MR) is 137 cm³/mol. The minimum absolute atomic E-state index is 0.0357. The normalized spacial score (nSPS) is 12.8. The number of aromatic hydroxyl groups is 1. The van der Waals surface area contributed by atoms with Crippen molar-refractivity contribution in [2.45, 2.75) is 53.0 Å². The topological polar surface area (TPSA) is 101 Å². The zero-order chi connectivity index (χ0) is 27.9. The number of carbonyl (C=O) groups excluding carboxylic acids is 2. The molecule has 2 rings (SSSR count). The predicted octanol–water partition coefficient (Wildman–Crippen LogP) is 3.95. The lowest BCUT2D eigenvalue weighted by molar-refractivity contribution is 0.0690. The third kappa shape index (κ3) is 6.94. The molecule has 204 valence electrons. The molecule has 0 aliphatic carbocycles. The van der Waals surface area contributed by atoms with Gasteiger partial charge in [-0.1, -0.05) is 33.3 Å². The van der Waals surface area contributed by atoms with Crippen LogP contribution in [-0.4, -0.2) is 53.2 Å². The Morgan fingerprint density at radius 3 is 2.46 bits per heavy atom. The van der Waals surface area contributed by atoms with Gasteiger partial charge >= 0.3 is 0 Å². The number of nitrogens with one attached hydrogen (secondary N) is 1. The number of aromatic nitrogens is 1. The van der Waals surface area contributed by atoms with Gasteiger partial charge in [-0.2, -0.15) is 0 Å². The van der Waals surface area contributed by atoms with Crippen LogP contribution >= 0.6 is 0 Å². The lowest BCUT2D eigenvalue weighted by Gasteiger charge is -2.27. The van der Waals surface area contributed by atoms with Gasteiger partial charge in [-0.3, -0.25) is 14.4 Å². The molecule has 0 aliphatic rings.